The number of rotatable bonds is 17. The van der Waals surface area contributed by atoms with Gasteiger partial charge < -0.3 is 9.64 Å². The SMILES string of the molecule is CCCCCCCN(CCCCCCC)C(=O)CCC(=O)OCC(C)C. The molecule has 0 N–H and O–H groups in total. The Bertz CT molecular complexity index is 341. The van der Waals surface area contributed by atoms with Crippen molar-refractivity contribution in [3.8, 4) is 0 Å². The maximum atomic E-state index is 12.5. The van der Waals surface area contributed by atoms with Crippen LogP contribution in [0.3, 0.4) is 0 Å². The lowest BCUT2D eigenvalue weighted by molar-refractivity contribution is -0.147. The maximum Gasteiger partial charge on any atom is 0.306 e. The highest BCUT2D eigenvalue weighted by Crippen LogP contribution is 2.10. The van der Waals surface area contributed by atoms with E-state index in [0.717, 1.165) is 25.9 Å². The van der Waals surface area contributed by atoms with Gasteiger partial charge in [-0.15, -0.1) is 0 Å². The second kappa shape index (κ2) is 17.4. The van der Waals surface area contributed by atoms with E-state index in [-0.39, 0.29) is 24.7 Å². The molecule has 0 aromatic rings. The van der Waals surface area contributed by atoms with E-state index in [1.54, 1.807) is 0 Å². The quantitative estimate of drug-likeness (QED) is 0.243. The van der Waals surface area contributed by atoms with E-state index in [9.17, 15) is 9.59 Å². The van der Waals surface area contributed by atoms with E-state index >= 15 is 0 Å². The normalized spacial score (nSPS) is 11.0. The molecule has 0 unspecified atom stereocenters. The Kier molecular flexibility index (Phi) is 16.7. The number of carbonyl (C=O) groups is 2. The Morgan fingerprint density at radius 2 is 1.27 bits per heavy atom. The average Bonchev–Trinajstić information content (AvgIpc) is 2.62. The van der Waals surface area contributed by atoms with Gasteiger partial charge in [-0.05, 0) is 18.8 Å². The average molecular weight is 370 g/mol. The van der Waals surface area contributed by atoms with Crippen molar-refractivity contribution in [3.05, 3.63) is 0 Å². The molecule has 0 fully saturated rings. The molecule has 4 heteroatoms. The van der Waals surface area contributed by atoms with Crippen molar-refractivity contribution in [1.82, 2.24) is 4.90 Å². The highest BCUT2D eigenvalue weighted by Gasteiger charge is 2.15. The zero-order chi connectivity index (χ0) is 19.6. The van der Waals surface area contributed by atoms with E-state index < -0.39 is 0 Å². The molecule has 154 valence electrons. The molecule has 26 heavy (non-hydrogen) atoms. The second-order valence-corrected chi connectivity index (χ2v) is 7.79. The number of carbonyl (C=O) groups excluding carboxylic acids is 2. The minimum Gasteiger partial charge on any atom is -0.465 e. The molecule has 0 saturated heterocycles. The van der Waals surface area contributed by atoms with Crippen LogP contribution in [-0.2, 0) is 14.3 Å². The fourth-order valence-corrected chi connectivity index (χ4v) is 2.87. The van der Waals surface area contributed by atoms with Gasteiger partial charge in [0, 0.05) is 19.5 Å². The predicted octanol–water partition coefficient (Wildman–Crippen LogP) is 5.74. The number of hydrogen-bond acceptors (Lipinski definition) is 3. The summed E-state index contributed by atoms with van der Waals surface area (Å²) in [6, 6.07) is 0. The summed E-state index contributed by atoms with van der Waals surface area (Å²) in [5.74, 6) is 0.188. The van der Waals surface area contributed by atoms with Crippen LogP contribution in [-0.4, -0.2) is 36.5 Å². The van der Waals surface area contributed by atoms with Gasteiger partial charge in [-0.3, -0.25) is 9.59 Å². The molecule has 0 aliphatic carbocycles. The molecular weight excluding hydrogens is 326 g/mol. The number of nitrogens with zero attached hydrogens (tertiary/aromatic N) is 1. The van der Waals surface area contributed by atoms with Gasteiger partial charge in [0.15, 0.2) is 0 Å². The third-order valence-corrected chi connectivity index (χ3v) is 4.54. The number of hydrogen-bond donors (Lipinski definition) is 0. The molecule has 0 rings (SSSR count). The van der Waals surface area contributed by atoms with Crippen molar-refractivity contribution < 1.29 is 14.3 Å². The van der Waals surface area contributed by atoms with E-state index in [4.69, 9.17) is 4.74 Å². The van der Waals surface area contributed by atoms with Crippen LogP contribution in [0, 0.1) is 5.92 Å². The van der Waals surface area contributed by atoms with E-state index in [1.807, 2.05) is 18.7 Å². The summed E-state index contributed by atoms with van der Waals surface area (Å²) in [5.41, 5.74) is 0. The maximum absolute atomic E-state index is 12.5. The van der Waals surface area contributed by atoms with Gasteiger partial charge in [-0.2, -0.15) is 0 Å². The van der Waals surface area contributed by atoms with Crippen LogP contribution < -0.4 is 0 Å². The second-order valence-electron chi connectivity index (χ2n) is 7.79. The first-order valence-electron chi connectivity index (χ1n) is 10.9. The topological polar surface area (TPSA) is 46.6 Å². The van der Waals surface area contributed by atoms with Gasteiger partial charge in [-0.1, -0.05) is 79.1 Å². The molecule has 0 radical (unpaired) electrons. The zero-order valence-electron chi connectivity index (χ0n) is 17.9. The van der Waals surface area contributed by atoms with Crippen molar-refractivity contribution in [2.45, 2.75) is 105 Å². The molecule has 4 nitrogen and oxygen atoms in total. The van der Waals surface area contributed by atoms with Gasteiger partial charge in [0.25, 0.3) is 0 Å². The largest absolute Gasteiger partial charge is 0.465 e. The molecule has 1 amide bonds. The van der Waals surface area contributed by atoms with Gasteiger partial charge in [-0.25, -0.2) is 0 Å². The van der Waals surface area contributed by atoms with E-state index in [1.165, 1.54) is 51.4 Å². The number of esters is 1. The fraction of sp³-hybridized carbons (Fsp3) is 0.909. The summed E-state index contributed by atoms with van der Waals surface area (Å²) in [7, 11) is 0. The molecule has 0 atom stereocenters. The highest BCUT2D eigenvalue weighted by atomic mass is 16.5. The summed E-state index contributed by atoms with van der Waals surface area (Å²) in [6.07, 6.45) is 12.5. The smallest absolute Gasteiger partial charge is 0.306 e. The van der Waals surface area contributed by atoms with E-state index in [0.29, 0.717) is 12.5 Å². The van der Waals surface area contributed by atoms with Gasteiger partial charge in [0.05, 0.1) is 13.0 Å². The Balaban J connectivity index is 4.22. The van der Waals surface area contributed by atoms with Crippen molar-refractivity contribution >= 4 is 11.9 Å². The number of unbranched alkanes of at least 4 members (excludes halogenated alkanes) is 8. The summed E-state index contributed by atoms with van der Waals surface area (Å²) in [4.78, 5) is 26.3. The van der Waals surface area contributed by atoms with Crippen LogP contribution in [0.5, 0.6) is 0 Å². The number of amides is 1. The summed E-state index contributed by atoms with van der Waals surface area (Å²) in [5, 5.41) is 0. The zero-order valence-corrected chi connectivity index (χ0v) is 17.9. The molecule has 0 aromatic carbocycles. The minimum atomic E-state index is -0.252. The van der Waals surface area contributed by atoms with Crippen LogP contribution in [0.4, 0.5) is 0 Å². The Hall–Kier alpha value is -1.06. The summed E-state index contributed by atoms with van der Waals surface area (Å²) < 4.78 is 5.17. The van der Waals surface area contributed by atoms with Crippen LogP contribution in [0.2, 0.25) is 0 Å². The first kappa shape index (κ1) is 24.9. The molecule has 0 aliphatic rings. The van der Waals surface area contributed by atoms with Gasteiger partial charge in [0.1, 0.15) is 0 Å². The molecule has 0 aromatic heterocycles. The monoisotopic (exact) mass is 369 g/mol. The predicted molar refractivity (Wildman–Crippen MR) is 109 cm³/mol. The summed E-state index contributed by atoms with van der Waals surface area (Å²) in [6.45, 7) is 10.5. The summed E-state index contributed by atoms with van der Waals surface area (Å²) >= 11 is 0. The van der Waals surface area contributed by atoms with Crippen molar-refractivity contribution in [2.24, 2.45) is 5.92 Å². The van der Waals surface area contributed by atoms with Crippen molar-refractivity contribution in [3.63, 3.8) is 0 Å². The minimum absolute atomic E-state index is 0.109. The Morgan fingerprint density at radius 3 is 1.73 bits per heavy atom. The molecule has 0 spiro atoms. The lowest BCUT2D eigenvalue weighted by atomic mass is 10.1. The van der Waals surface area contributed by atoms with Crippen LogP contribution in [0.25, 0.3) is 0 Å². The van der Waals surface area contributed by atoms with Crippen molar-refractivity contribution in [2.75, 3.05) is 19.7 Å². The van der Waals surface area contributed by atoms with Gasteiger partial charge in [0.2, 0.25) is 5.91 Å². The lowest BCUT2D eigenvalue weighted by Gasteiger charge is -2.23. The number of ether oxygens (including phenoxy) is 1. The Labute approximate surface area is 162 Å². The van der Waals surface area contributed by atoms with E-state index in [2.05, 4.69) is 13.8 Å². The van der Waals surface area contributed by atoms with Crippen LogP contribution in [0.15, 0.2) is 0 Å². The molecule has 0 saturated carbocycles. The molecule has 0 heterocycles. The first-order chi connectivity index (χ1) is 12.5. The molecule has 0 aliphatic heterocycles. The first-order valence-corrected chi connectivity index (χ1v) is 10.9. The molecular formula is C22H43NO3. The fourth-order valence-electron chi connectivity index (χ4n) is 2.87. The molecule has 0 bridgehead atoms. The van der Waals surface area contributed by atoms with Crippen molar-refractivity contribution in [1.29, 1.82) is 0 Å². The highest BCUT2D eigenvalue weighted by molar-refractivity contribution is 5.81. The van der Waals surface area contributed by atoms with Crippen LogP contribution >= 0.6 is 0 Å². The Morgan fingerprint density at radius 1 is 0.769 bits per heavy atom. The standard InChI is InChI=1S/C22H43NO3/c1-5-7-9-11-13-17-23(18-14-12-10-8-6-2)21(24)15-16-22(25)26-19-20(3)4/h20H,5-19H2,1-4H3. The lowest BCUT2D eigenvalue weighted by Crippen LogP contribution is -2.33. The third-order valence-electron chi connectivity index (χ3n) is 4.54. The third kappa shape index (κ3) is 15.2. The van der Waals surface area contributed by atoms with Gasteiger partial charge >= 0.3 is 5.97 Å². The van der Waals surface area contributed by atoms with Crippen LogP contribution in [0.1, 0.15) is 105 Å².